The highest BCUT2D eigenvalue weighted by molar-refractivity contribution is 5.79. The normalized spacial score (nSPS) is 11.8. The lowest BCUT2D eigenvalue weighted by Gasteiger charge is -2.13. The lowest BCUT2D eigenvalue weighted by atomic mass is 10.1. The van der Waals surface area contributed by atoms with Gasteiger partial charge in [-0.3, -0.25) is 4.99 Å². The first-order chi connectivity index (χ1) is 12.2. The Hall–Kier alpha value is -2.30. The molecule has 0 radical (unpaired) electrons. The molecular weight excluding hydrogens is 310 g/mol. The van der Waals surface area contributed by atoms with Crippen LogP contribution in [0.25, 0.3) is 0 Å². The molecule has 0 saturated carbocycles. The number of unbranched alkanes of at least 4 members (excludes halogenated alkanes) is 1. The Labute approximate surface area is 151 Å². The maximum atomic E-state index is 4.30. The second kappa shape index (κ2) is 10.5. The molecule has 0 aliphatic carbocycles. The Kier molecular flexibility index (Phi) is 8.02. The molecule has 2 aromatic rings. The lowest BCUT2D eigenvalue weighted by Crippen LogP contribution is -2.37. The Balaban J connectivity index is 1.75. The van der Waals surface area contributed by atoms with Crippen LogP contribution in [0, 0.1) is 5.92 Å². The van der Waals surface area contributed by atoms with Crippen LogP contribution in [-0.4, -0.2) is 29.1 Å². The third kappa shape index (κ3) is 7.42. The van der Waals surface area contributed by atoms with Gasteiger partial charge in [-0.2, -0.15) is 0 Å². The molecule has 0 spiro atoms. The van der Waals surface area contributed by atoms with E-state index in [2.05, 4.69) is 63.3 Å². The number of imidazole rings is 1. The summed E-state index contributed by atoms with van der Waals surface area (Å²) < 4.78 is 2.07. The van der Waals surface area contributed by atoms with Crippen molar-refractivity contribution in [3.63, 3.8) is 0 Å². The minimum Gasteiger partial charge on any atom is -0.356 e. The predicted octanol–water partition coefficient (Wildman–Crippen LogP) is 3.42. The van der Waals surface area contributed by atoms with E-state index >= 15 is 0 Å². The minimum atomic E-state index is 0.767. The Bertz CT molecular complexity index is 631. The number of nitrogens with one attached hydrogen (secondary N) is 2. The molecule has 5 nitrogen and oxygen atoms in total. The highest BCUT2D eigenvalue weighted by atomic mass is 15.2. The fraction of sp³-hybridized carbons (Fsp3) is 0.500. The molecule has 0 fully saturated rings. The van der Waals surface area contributed by atoms with E-state index < -0.39 is 0 Å². The van der Waals surface area contributed by atoms with Crippen molar-refractivity contribution in [2.75, 3.05) is 13.6 Å². The zero-order valence-corrected chi connectivity index (χ0v) is 15.7. The smallest absolute Gasteiger partial charge is 0.191 e. The van der Waals surface area contributed by atoms with Crippen molar-refractivity contribution in [1.29, 1.82) is 0 Å². The standard InChI is InChI=1S/C20H31N5/c1-17(2)7-4-5-10-23-20(21-3)24-14-18-8-6-9-19(13-18)15-25-12-11-22-16-25/h6,8-9,11-13,16-17H,4-5,7,10,14-15H2,1-3H3,(H2,21,23,24). The van der Waals surface area contributed by atoms with Crippen molar-refractivity contribution in [3.05, 3.63) is 54.1 Å². The van der Waals surface area contributed by atoms with Crippen molar-refractivity contribution in [2.45, 2.75) is 46.2 Å². The van der Waals surface area contributed by atoms with E-state index in [1.165, 1.54) is 30.4 Å². The molecule has 2 N–H and O–H groups in total. The highest BCUT2D eigenvalue weighted by Gasteiger charge is 2.01. The van der Waals surface area contributed by atoms with Crippen molar-refractivity contribution in [2.24, 2.45) is 10.9 Å². The molecule has 25 heavy (non-hydrogen) atoms. The van der Waals surface area contributed by atoms with Crippen molar-refractivity contribution >= 4 is 5.96 Å². The van der Waals surface area contributed by atoms with Crippen molar-refractivity contribution in [1.82, 2.24) is 20.2 Å². The number of benzene rings is 1. The van der Waals surface area contributed by atoms with Gasteiger partial charge in [0.2, 0.25) is 0 Å². The van der Waals surface area contributed by atoms with Crippen LogP contribution >= 0.6 is 0 Å². The van der Waals surface area contributed by atoms with Gasteiger partial charge in [0.25, 0.3) is 0 Å². The molecule has 2 rings (SSSR count). The molecule has 0 saturated heterocycles. The zero-order chi connectivity index (χ0) is 17.9. The van der Waals surface area contributed by atoms with Gasteiger partial charge in [0.05, 0.1) is 6.33 Å². The molecule has 5 heteroatoms. The van der Waals surface area contributed by atoms with Gasteiger partial charge in [0.1, 0.15) is 0 Å². The van der Waals surface area contributed by atoms with Gasteiger partial charge in [0.15, 0.2) is 5.96 Å². The van der Waals surface area contributed by atoms with Crippen LogP contribution in [0.4, 0.5) is 0 Å². The van der Waals surface area contributed by atoms with Gasteiger partial charge in [-0.05, 0) is 23.5 Å². The first-order valence-electron chi connectivity index (χ1n) is 9.15. The summed E-state index contributed by atoms with van der Waals surface area (Å²) in [6.45, 7) is 7.12. The molecule has 0 unspecified atom stereocenters. The molecule has 1 aromatic heterocycles. The number of aromatic nitrogens is 2. The van der Waals surface area contributed by atoms with Gasteiger partial charge in [-0.1, -0.05) is 51.0 Å². The number of rotatable bonds is 9. The van der Waals surface area contributed by atoms with E-state index in [9.17, 15) is 0 Å². The highest BCUT2D eigenvalue weighted by Crippen LogP contribution is 2.07. The molecule has 1 heterocycles. The topological polar surface area (TPSA) is 54.2 Å². The number of aliphatic imine (C=N–C) groups is 1. The summed E-state index contributed by atoms with van der Waals surface area (Å²) in [7, 11) is 1.82. The fourth-order valence-electron chi connectivity index (χ4n) is 2.72. The van der Waals surface area contributed by atoms with Crippen molar-refractivity contribution in [3.8, 4) is 0 Å². The number of hydrogen-bond acceptors (Lipinski definition) is 2. The molecule has 0 amide bonds. The van der Waals surface area contributed by atoms with E-state index in [-0.39, 0.29) is 0 Å². The lowest BCUT2D eigenvalue weighted by molar-refractivity contribution is 0.534. The average Bonchev–Trinajstić information content (AvgIpc) is 3.10. The maximum Gasteiger partial charge on any atom is 0.191 e. The zero-order valence-electron chi connectivity index (χ0n) is 15.7. The summed E-state index contributed by atoms with van der Waals surface area (Å²) in [5, 5.41) is 6.78. The van der Waals surface area contributed by atoms with Crippen LogP contribution in [0.5, 0.6) is 0 Å². The monoisotopic (exact) mass is 341 g/mol. The van der Waals surface area contributed by atoms with Gasteiger partial charge in [-0.15, -0.1) is 0 Å². The van der Waals surface area contributed by atoms with Crippen LogP contribution in [-0.2, 0) is 13.1 Å². The van der Waals surface area contributed by atoms with Gasteiger partial charge in [-0.25, -0.2) is 4.98 Å². The Morgan fingerprint density at radius 3 is 2.76 bits per heavy atom. The molecule has 1 aromatic carbocycles. The van der Waals surface area contributed by atoms with Crippen LogP contribution in [0.2, 0.25) is 0 Å². The third-order valence-corrected chi connectivity index (χ3v) is 4.10. The number of guanidine groups is 1. The molecule has 0 bridgehead atoms. The summed E-state index contributed by atoms with van der Waals surface area (Å²) >= 11 is 0. The third-order valence-electron chi connectivity index (χ3n) is 4.10. The van der Waals surface area contributed by atoms with Gasteiger partial charge >= 0.3 is 0 Å². The summed E-state index contributed by atoms with van der Waals surface area (Å²) in [5.74, 6) is 1.65. The Morgan fingerprint density at radius 2 is 2.04 bits per heavy atom. The van der Waals surface area contributed by atoms with E-state index in [0.717, 1.165) is 31.5 Å². The van der Waals surface area contributed by atoms with Crippen LogP contribution in [0.15, 0.2) is 48.0 Å². The molecular formula is C20H31N5. The number of hydrogen-bond donors (Lipinski definition) is 2. The maximum absolute atomic E-state index is 4.30. The van der Waals surface area contributed by atoms with Crippen LogP contribution in [0.3, 0.4) is 0 Å². The van der Waals surface area contributed by atoms with E-state index in [1.54, 1.807) is 0 Å². The van der Waals surface area contributed by atoms with Gasteiger partial charge in [0, 0.05) is 39.1 Å². The SMILES string of the molecule is CN=C(NCCCCC(C)C)NCc1cccc(Cn2ccnc2)c1. The molecule has 0 aliphatic rings. The quantitative estimate of drug-likeness (QED) is 0.417. The summed E-state index contributed by atoms with van der Waals surface area (Å²) in [5.41, 5.74) is 2.52. The van der Waals surface area contributed by atoms with Crippen LogP contribution in [0.1, 0.15) is 44.2 Å². The number of nitrogens with zero attached hydrogens (tertiary/aromatic N) is 3. The summed E-state index contributed by atoms with van der Waals surface area (Å²) in [6, 6.07) is 8.61. The minimum absolute atomic E-state index is 0.767. The first-order valence-corrected chi connectivity index (χ1v) is 9.15. The second-order valence-corrected chi connectivity index (χ2v) is 6.80. The average molecular weight is 342 g/mol. The first kappa shape index (κ1) is 19.0. The molecule has 0 atom stereocenters. The predicted molar refractivity (Wildman–Crippen MR) is 105 cm³/mol. The summed E-state index contributed by atoms with van der Waals surface area (Å²) in [6.07, 6.45) is 9.36. The fourth-order valence-corrected chi connectivity index (χ4v) is 2.72. The molecule has 0 aliphatic heterocycles. The van der Waals surface area contributed by atoms with E-state index in [0.29, 0.717) is 0 Å². The second-order valence-electron chi connectivity index (χ2n) is 6.80. The Morgan fingerprint density at radius 1 is 1.20 bits per heavy atom. The van der Waals surface area contributed by atoms with E-state index in [4.69, 9.17) is 0 Å². The van der Waals surface area contributed by atoms with Crippen molar-refractivity contribution < 1.29 is 0 Å². The largest absolute Gasteiger partial charge is 0.356 e. The molecule has 136 valence electrons. The van der Waals surface area contributed by atoms with E-state index in [1.807, 2.05) is 25.8 Å². The summed E-state index contributed by atoms with van der Waals surface area (Å²) in [4.78, 5) is 8.39. The van der Waals surface area contributed by atoms with Gasteiger partial charge < -0.3 is 15.2 Å². The van der Waals surface area contributed by atoms with Crippen LogP contribution < -0.4 is 10.6 Å².